The molecule has 1 saturated carbocycles. The van der Waals surface area contributed by atoms with Gasteiger partial charge >= 0.3 is 0 Å². The van der Waals surface area contributed by atoms with E-state index >= 15 is 0 Å². The molecule has 0 bridgehead atoms. The number of methoxy groups -OCH3 is 1. The number of aromatic nitrogens is 1. The maximum absolute atomic E-state index is 5.42. The molecular formula is C15H18N2O2S. The Labute approximate surface area is 122 Å². The lowest BCUT2D eigenvalue weighted by molar-refractivity contribution is 0.411. The van der Waals surface area contributed by atoms with Gasteiger partial charge in [0.15, 0.2) is 0 Å². The maximum atomic E-state index is 5.42. The second-order valence-corrected chi connectivity index (χ2v) is 5.81. The van der Waals surface area contributed by atoms with Crippen LogP contribution in [0.3, 0.4) is 0 Å². The fraction of sp³-hybridized carbons (Fsp3) is 0.400. The van der Waals surface area contributed by atoms with Crippen molar-refractivity contribution in [2.24, 2.45) is 0 Å². The van der Waals surface area contributed by atoms with Crippen molar-refractivity contribution in [1.82, 2.24) is 10.3 Å². The summed E-state index contributed by atoms with van der Waals surface area (Å²) in [5.41, 5.74) is 2.46. The topological polar surface area (TPSA) is 47.3 Å². The Hall–Kier alpha value is -1.46. The van der Waals surface area contributed by atoms with E-state index in [1.54, 1.807) is 31.3 Å². The molecule has 5 heteroatoms. The van der Waals surface area contributed by atoms with Crippen LogP contribution in [0.1, 0.15) is 24.0 Å². The monoisotopic (exact) mass is 290 g/mol. The Morgan fingerprint density at radius 3 is 3.05 bits per heavy atom. The van der Waals surface area contributed by atoms with Gasteiger partial charge in [0.05, 0.1) is 13.3 Å². The molecule has 2 aromatic rings. The molecule has 0 saturated heterocycles. The van der Waals surface area contributed by atoms with Crippen molar-refractivity contribution >= 4 is 11.8 Å². The lowest BCUT2D eigenvalue weighted by Crippen LogP contribution is -2.15. The summed E-state index contributed by atoms with van der Waals surface area (Å²) >= 11 is 1.58. The Balaban J connectivity index is 1.66. The minimum absolute atomic E-state index is 0.688. The number of nitrogens with zero attached hydrogens (tertiary/aromatic N) is 1. The van der Waals surface area contributed by atoms with Crippen LogP contribution < -0.4 is 10.1 Å². The molecule has 0 unspecified atom stereocenters. The van der Waals surface area contributed by atoms with E-state index < -0.39 is 0 Å². The van der Waals surface area contributed by atoms with Crippen LogP contribution in [0.15, 0.2) is 40.3 Å². The molecule has 1 aromatic carbocycles. The van der Waals surface area contributed by atoms with E-state index in [4.69, 9.17) is 9.15 Å². The predicted octanol–water partition coefficient (Wildman–Crippen LogP) is 3.23. The van der Waals surface area contributed by atoms with E-state index in [0.717, 1.165) is 24.1 Å². The third-order valence-electron chi connectivity index (χ3n) is 3.28. The van der Waals surface area contributed by atoms with Crippen LogP contribution in [0.4, 0.5) is 0 Å². The van der Waals surface area contributed by atoms with E-state index in [0.29, 0.717) is 5.22 Å². The Morgan fingerprint density at radius 2 is 2.35 bits per heavy atom. The Kier molecular flexibility index (Phi) is 4.28. The van der Waals surface area contributed by atoms with Gasteiger partial charge in [0.2, 0.25) is 0 Å². The molecular weight excluding hydrogens is 272 g/mol. The zero-order chi connectivity index (χ0) is 13.8. The SMILES string of the molecule is COc1ccc(CNC2CC2)cc1CSc1ncco1. The largest absolute Gasteiger partial charge is 0.496 e. The number of nitrogens with one attached hydrogen (secondary N) is 1. The van der Waals surface area contributed by atoms with Gasteiger partial charge in [0.25, 0.3) is 5.22 Å². The van der Waals surface area contributed by atoms with Crippen molar-refractivity contribution < 1.29 is 9.15 Å². The minimum Gasteiger partial charge on any atom is -0.496 e. The number of oxazole rings is 1. The van der Waals surface area contributed by atoms with Gasteiger partial charge in [-0.2, -0.15) is 0 Å². The molecule has 0 atom stereocenters. The highest BCUT2D eigenvalue weighted by atomic mass is 32.2. The minimum atomic E-state index is 0.688. The number of thioether (sulfide) groups is 1. The summed E-state index contributed by atoms with van der Waals surface area (Å²) in [5.74, 6) is 1.71. The van der Waals surface area contributed by atoms with E-state index in [2.05, 4.69) is 22.4 Å². The average Bonchev–Trinajstić information content (AvgIpc) is 3.17. The summed E-state index contributed by atoms with van der Waals surface area (Å²) in [4.78, 5) is 4.12. The molecule has 0 aliphatic heterocycles. The zero-order valence-corrected chi connectivity index (χ0v) is 12.3. The molecule has 1 N–H and O–H groups in total. The molecule has 1 aliphatic rings. The molecule has 0 spiro atoms. The lowest BCUT2D eigenvalue weighted by Gasteiger charge is -2.10. The van der Waals surface area contributed by atoms with Crippen LogP contribution in [0.25, 0.3) is 0 Å². The molecule has 0 amide bonds. The number of benzene rings is 1. The van der Waals surface area contributed by atoms with Crippen LogP contribution in [-0.2, 0) is 12.3 Å². The van der Waals surface area contributed by atoms with Gasteiger partial charge in [-0.15, -0.1) is 0 Å². The van der Waals surface area contributed by atoms with Crippen molar-refractivity contribution in [3.05, 3.63) is 41.8 Å². The quantitative estimate of drug-likeness (QED) is 0.793. The van der Waals surface area contributed by atoms with Crippen molar-refractivity contribution in [3.8, 4) is 5.75 Å². The molecule has 3 rings (SSSR count). The van der Waals surface area contributed by atoms with Crippen LogP contribution in [0, 0.1) is 0 Å². The molecule has 106 valence electrons. The van der Waals surface area contributed by atoms with Crippen LogP contribution in [0.2, 0.25) is 0 Å². The number of rotatable bonds is 7. The fourth-order valence-corrected chi connectivity index (χ4v) is 2.79. The van der Waals surface area contributed by atoms with Crippen molar-refractivity contribution in [3.63, 3.8) is 0 Å². The highest BCUT2D eigenvalue weighted by Gasteiger charge is 2.20. The van der Waals surface area contributed by atoms with Gasteiger partial charge in [0.1, 0.15) is 12.0 Å². The summed E-state index contributed by atoms with van der Waals surface area (Å²) in [6.45, 7) is 0.922. The third-order valence-corrected chi connectivity index (χ3v) is 4.18. The first-order valence-electron chi connectivity index (χ1n) is 6.76. The first-order valence-corrected chi connectivity index (χ1v) is 7.75. The van der Waals surface area contributed by atoms with Gasteiger partial charge < -0.3 is 14.5 Å². The first-order chi connectivity index (χ1) is 9.85. The molecule has 4 nitrogen and oxygen atoms in total. The Morgan fingerprint density at radius 1 is 1.45 bits per heavy atom. The van der Waals surface area contributed by atoms with Crippen LogP contribution in [0.5, 0.6) is 5.75 Å². The normalized spacial score (nSPS) is 14.4. The zero-order valence-electron chi connectivity index (χ0n) is 11.5. The van der Waals surface area contributed by atoms with E-state index in [9.17, 15) is 0 Å². The molecule has 1 fully saturated rings. The van der Waals surface area contributed by atoms with Crippen LogP contribution in [-0.4, -0.2) is 18.1 Å². The summed E-state index contributed by atoms with van der Waals surface area (Å²) in [6, 6.07) is 7.08. The average molecular weight is 290 g/mol. The van der Waals surface area contributed by atoms with Crippen molar-refractivity contribution in [2.45, 2.75) is 36.4 Å². The first kappa shape index (κ1) is 13.5. The molecule has 0 radical (unpaired) electrons. The maximum Gasteiger partial charge on any atom is 0.255 e. The van der Waals surface area contributed by atoms with Gasteiger partial charge in [0, 0.05) is 23.9 Å². The van der Waals surface area contributed by atoms with Gasteiger partial charge in [-0.3, -0.25) is 0 Å². The second-order valence-electron chi connectivity index (χ2n) is 4.89. The highest BCUT2D eigenvalue weighted by molar-refractivity contribution is 7.98. The summed E-state index contributed by atoms with van der Waals surface area (Å²) in [7, 11) is 1.71. The van der Waals surface area contributed by atoms with Crippen LogP contribution >= 0.6 is 11.8 Å². The summed E-state index contributed by atoms with van der Waals surface area (Å²) in [5, 5.41) is 4.22. The third kappa shape index (κ3) is 3.55. The molecule has 1 heterocycles. The summed E-state index contributed by atoms with van der Waals surface area (Å²) < 4.78 is 10.7. The van der Waals surface area contributed by atoms with Gasteiger partial charge in [-0.1, -0.05) is 17.8 Å². The number of ether oxygens (including phenoxy) is 1. The van der Waals surface area contributed by atoms with Gasteiger partial charge in [-0.25, -0.2) is 4.98 Å². The molecule has 1 aromatic heterocycles. The van der Waals surface area contributed by atoms with Gasteiger partial charge in [-0.05, 0) is 30.5 Å². The molecule has 20 heavy (non-hydrogen) atoms. The highest BCUT2D eigenvalue weighted by Crippen LogP contribution is 2.28. The molecule has 1 aliphatic carbocycles. The standard InChI is InChI=1S/C15H18N2O2S/c1-18-14-5-2-11(9-17-13-3-4-13)8-12(14)10-20-15-16-6-7-19-15/h2,5-8,13,17H,3-4,9-10H2,1H3. The predicted molar refractivity (Wildman–Crippen MR) is 78.9 cm³/mol. The fourth-order valence-electron chi connectivity index (χ4n) is 2.03. The lowest BCUT2D eigenvalue weighted by atomic mass is 10.1. The number of hydrogen-bond donors (Lipinski definition) is 1. The van der Waals surface area contributed by atoms with Crippen molar-refractivity contribution in [2.75, 3.05) is 7.11 Å². The number of hydrogen-bond acceptors (Lipinski definition) is 5. The smallest absolute Gasteiger partial charge is 0.255 e. The second kappa shape index (κ2) is 6.33. The summed E-state index contributed by atoms with van der Waals surface area (Å²) in [6.07, 6.45) is 5.87. The van der Waals surface area contributed by atoms with Crippen molar-refractivity contribution in [1.29, 1.82) is 0 Å². The van der Waals surface area contributed by atoms with E-state index in [1.165, 1.54) is 24.0 Å². The Bertz CT molecular complexity index is 553. The van der Waals surface area contributed by atoms with E-state index in [-0.39, 0.29) is 0 Å². The van der Waals surface area contributed by atoms with E-state index in [1.807, 2.05) is 6.07 Å².